The maximum atomic E-state index is 4.76. The highest BCUT2D eigenvalue weighted by Gasteiger charge is 2.17. The van der Waals surface area contributed by atoms with Crippen molar-refractivity contribution in [2.75, 3.05) is 0 Å². The molecule has 3 aromatic heterocycles. The lowest BCUT2D eigenvalue weighted by molar-refractivity contribution is 0.781. The lowest BCUT2D eigenvalue weighted by Gasteiger charge is -2.15. The zero-order valence-electron chi connectivity index (χ0n) is 17.0. The molecule has 0 aliphatic rings. The average molecular weight is 396 g/mol. The van der Waals surface area contributed by atoms with E-state index in [0.717, 1.165) is 44.9 Å². The van der Waals surface area contributed by atoms with Crippen molar-refractivity contribution in [3.8, 4) is 22.5 Å². The molecule has 148 valence electrons. The van der Waals surface area contributed by atoms with Crippen molar-refractivity contribution in [1.82, 2.24) is 40.4 Å². The van der Waals surface area contributed by atoms with E-state index in [0.29, 0.717) is 12.4 Å². The number of fused-ring (bicyclic) bond motifs is 1. The van der Waals surface area contributed by atoms with Crippen LogP contribution in [-0.2, 0) is 6.54 Å². The molecule has 0 amide bonds. The number of nitrogens with one attached hydrogen (secondary N) is 1. The lowest BCUT2D eigenvalue weighted by atomic mass is 9.95. The predicted molar refractivity (Wildman–Crippen MR) is 114 cm³/mol. The third-order valence-electron chi connectivity index (χ3n) is 5.34. The summed E-state index contributed by atoms with van der Waals surface area (Å²) in [7, 11) is 0. The van der Waals surface area contributed by atoms with E-state index in [2.05, 4.69) is 59.7 Å². The van der Waals surface area contributed by atoms with Crippen LogP contribution in [0.15, 0.2) is 48.5 Å². The van der Waals surface area contributed by atoms with Crippen molar-refractivity contribution in [3.63, 3.8) is 0 Å². The Kier molecular flexibility index (Phi) is 4.31. The fourth-order valence-corrected chi connectivity index (χ4v) is 3.90. The van der Waals surface area contributed by atoms with Crippen LogP contribution in [0.2, 0.25) is 0 Å². The first-order valence-corrected chi connectivity index (χ1v) is 9.71. The zero-order chi connectivity index (χ0) is 20.7. The quantitative estimate of drug-likeness (QED) is 0.498. The minimum Gasteiger partial charge on any atom is -0.322 e. The van der Waals surface area contributed by atoms with Gasteiger partial charge in [-0.25, -0.2) is 4.98 Å². The van der Waals surface area contributed by atoms with Gasteiger partial charge in [-0.3, -0.25) is 0 Å². The normalized spacial score (nSPS) is 11.3. The highest BCUT2D eigenvalue weighted by molar-refractivity contribution is 5.83. The summed E-state index contributed by atoms with van der Waals surface area (Å²) in [4.78, 5) is 4.76. The molecule has 8 nitrogen and oxygen atoms in total. The van der Waals surface area contributed by atoms with Crippen LogP contribution in [0.1, 0.15) is 22.8 Å². The van der Waals surface area contributed by atoms with Gasteiger partial charge in [0.05, 0.1) is 23.4 Å². The highest BCUT2D eigenvalue weighted by atomic mass is 15.5. The van der Waals surface area contributed by atoms with Crippen molar-refractivity contribution in [3.05, 3.63) is 71.3 Å². The van der Waals surface area contributed by atoms with Gasteiger partial charge in [-0.15, -0.1) is 10.2 Å². The Hall–Kier alpha value is -3.94. The van der Waals surface area contributed by atoms with E-state index in [1.54, 1.807) is 0 Å². The average Bonchev–Trinajstić information content (AvgIpc) is 3.41. The van der Waals surface area contributed by atoms with Gasteiger partial charge in [-0.1, -0.05) is 48.5 Å². The molecule has 30 heavy (non-hydrogen) atoms. The van der Waals surface area contributed by atoms with Gasteiger partial charge in [0, 0.05) is 5.56 Å². The van der Waals surface area contributed by atoms with Gasteiger partial charge in [0.1, 0.15) is 11.3 Å². The molecule has 0 saturated heterocycles. The smallest absolute Gasteiger partial charge is 0.205 e. The Labute approximate surface area is 173 Å². The van der Waals surface area contributed by atoms with Crippen LogP contribution in [0.3, 0.4) is 0 Å². The van der Waals surface area contributed by atoms with Crippen LogP contribution in [-0.4, -0.2) is 40.4 Å². The fraction of sp³-hybridized carbons (Fsp3) is 0.182. The summed E-state index contributed by atoms with van der Waals surface area (Å²) in [6.45, 7) is 6.62. The van der Waals surface area contributed by atoms with Crippen LogP contribution < -0.4 is 0 Å². The molecule has 0 aliphatic heterocycles. The summed E-state index contributed by atoms with van der Waals surface area (Å²) >= 11 is 0. The number of benzene rings is 2. The van der Waals surface area contributed by atoms with Crippen molar-refractivity contribution in [2.45, 2.75) is 27.3 Å². The first kappa shape index (κ1) is 18.1. The number of rotatable bonds is 4. The molecule has 0 aliphatic carbocycles. The Morgan fingerprint density at radius 3 is 2.27 bits per heavy atom. The molecule has 0 fully saturated rings. The molecule has 1 N–H and O–H groups in total. The number of aromatic amines is 1. The van der Waals surface area contributed by atoms with Crippen LogP contribution in [0, 0.1) is 20.8 Å². The van der Waals surface area contributed by atoms with Gasteiger partial charge in [-0.2, -0.15) is 15.4 Å². The third kappa shape index (κ3) is 2.93. The number of hydrogen-bond acceptors (Lipinski definition) is 6. The summed E-state index contributed by atoms with van der Waals surface area (Å²) < 4.78 is 2.21. The molecule has 0 atom stereocenters. The van der Waals surface area contributed by atoms with E-state index in [1.807, 2.05) is 45.0 Å². The number of aryl methyl sites for hydroxylation is 3. The second-order valence-corrected chi connectivity index (χ2v) is 7.25. The molecule has 0 radical (unpaired) electrons. The van der Waals surface area contributed by atoms with Gasteiger partial charge in [0.25, 0.3) is 0 Å². The second-order valence-electron chi connectivity index (χ2n) is 7.25. The van der Waals surface area contributed by atoms with E-state index >= 15 is 0 Å². The number of imidazole rings is 1. The van der Waals surface area contributed by atoms with Crippen LogP contribution in [0.4, 0.5) is 0 Å². The van der Waals surface area contributed by atoms with Crippen molar-refractivity contribution < 1.29 is 0 Å². The lowest BCUT2D eigenvalue weighted by Crippen LogP contribution is -2.06. The Morgan fingerprint density at radius 2 is 1.50 bits per heavy atom. The molecule has 5 rings (SSSR count). The molecule has 0 bridgehead atoms. The number of aromatic nitrogens is 8. The number of tetrazole rings is 1. The fourth-order valence-electron chi connectivity index (χ4n) is 3.90. The summed E-state index contributed by atoms with van der Waals surface area (Å²) in [6, 6.07) is 16.5. The molecular formula is C22H20N8. The van der Waals surface area contributed by atoms with Gasteiger partial charge < -0.3 is 4.57 Å². The van der Waals surface area contributed by atoms with Crippen LogP contribution >= 0.6 is 0 Å². The first-order chi connectivity index (χ1) is 14.6. The maximum absolute atomic E-state index is 4.76. The second kappa shape index (κ2) is 7.14. The number of nitrogens with zero attached hydrogens (tertiary/aromatic N) is 7. The summed E-state index contributed by atoms with van der Waals surface area (Å²) in [6.07, 6.45) is 0. The van der Waals surface area contributed by atoms with E-state index in [1.165, 1.54) is 5.56 Å². The maximum Gasteiger partial charge on any atom is 0.205 e. The number of H-pyrrole nitrogens is 1. The summed E-state index contributed by atoms with van der Waals surface area (Å²) in [5, 5.41) is 23.2. The minimum absolute atomic E-state index is 0.575. The van der Waals surface area contributed by atoms with Crippen molar-refractivity contribution in [2.24, 2.45) is 0 Å². The first-order valence-electron chi connectivity index (χ1n) is 9.71. The monoisotopic (exact) mass is 396 g/mol. The predicted octanol–water partition coefficient (Wildman–Crippen LogP) is 3.65. The molecule has 3 heterocycles. The molecular weight excluding hydrogens is 376 g/mol. The Balaban J connectivity index is 1.67. The molecule has 8 heteroatoms. The van der Waals surface area contributed by atoms with Gasteiger partial charge >= 0.3 is 0 Å². The van der Waals surface area contributed by atoms with Gasteiger partial charge in [0.2, 0.25) is 5.82 Å². The molecule has 5 aromatic rings. The number of hydrogen-bond donors (Lipinski definition) is 1. The Bertz CT molecular complexity index is 1350. The largest absolute Gasteiger partial charge is 0.322 e. The van der Waals surface area contributed by atoms with E-state index in [4.69, 9.17) is 4.98 Å². The van der Waals surface area contributed by atoms with Crippen LogP contribution in [0.25, 0.3) is 33.5 Å². The molecule has 2 aromatic carbocycles. The topological polar surface area (TPSA) is 98.1 Å². The standard InChI is InChI=1S/C22H20N8/c1-13-20-21(14(2)25-24-13)30(15(3)23-20)12-16-8-4-5-9-17(16)18-10-6-7-11-19(18)22-26-28-29-27-22/h4-11H,12H2,1-3H3,(H,26,27,28,29). The van der Waals surface area contributed by atoms with E-state index < -0.39 is 0 Å². The van der Waals surface area contributed by atoms with E-state index in [-0.39, 0.29) is 0 Å². The summed E-state index contributed by atoms with van der Waals surface area (Å²) in [5.41, 5.74) is 7.94. The van der Waals surface area contributed by atoms with Gasteiger partial charge in [-0.05, 0) is 42.7 Å². The SMILES string of the molecule is Cc1nnc(C)c2c1nc(C)n2Cc1ccccc1-c1ccccc1-c1nn[nH]n1. The zero-order valence-corrected chi connectivity index (χ0v) is 17.0. The van der Waals surface area contributed by atoms with Gasteiger partial charge in [0.15, 0.2) is 0 Å². The van der Waals surface area contributed by atoms with E-state index in [9.17, 15) is 0 Å². The Morgan fingerprint density at radius 1 is 0.800 bits per heavy atom. The molecule has 0 spiro atoms. The summed E-state index contributed by atoms with van der Waals surface area (Å²) in [5.74, 6) is 1.51. The minimum atomic E-state index is 0.575. The third-order valence-corrected chi connectivity index (χ3v) is 5.34. The molecule has 0 unspecified atom stereocenters. The highest BCUT2D eigenvalue weighted by Crippen LogP contribution is 2.33. The molecule has 0 saturated carbocycles. The van der Waals surface area contributed by atoms with Crippen molar-refractivity contribution >= 4 is 11.0 Å². The van der Waals surface area contributed by atoms with Crippen LogP contribution in [0.5, 0.6) is 0 Å². The van der Waals surface area contributed by atoms with Crippen molar-refractivity contribution in [1.29, 1.82) is 0 Å².